The summed E-state index contributed by atoms with van der Waals surface area (Å²) in [6.45, 7) is 9.46. The summed E-state index contributed by atoms with van der Waals surface area (Å²) in [5.74, 6) is 0.302. The van der Waals surface area contributed by atoms with Gasteiger partial charge in [0, 0.05) is 23.3 Å². The van der Waals surface area contributed by atoms with Gasteiger partial charge in [-0.1, -0.05) is 30.3 Å². The van der Waals surface area contributed by atoms with Crippen molar-refractivity contribution in [1.82, 2.24) is 4.90 Å². The van der Waals surface area contributed by atoms with Crippen molar-refractivity contribution >= 4 is 23.0 Å². The summed E-state index contributed by atoms with van der Waals surface area (Å²) in [6, 6.07) is 11.6. The van der Waals surface area contributed by atoms with E-state index in [0.29, 0.717) is 17.6 Å². The fraction of sp³-hybridized carbons (Fsp3) is 0.417. The van der Waals surface area contributed by atoms with E-state index in [0.717, 1.165) is 67.3 Å². The number of fused-ring (bicyclic) bond motifs is 1. The van der Waals surface area contributed by atoms with Gasteiger partial charge in [-0.25, -0.2) is 4.39 Å². The van der Waals surface area contributed by atoms with Crippen LogP contribution < -0.4 is 10.6 Å². The maximum absolute atomic E-state index is 13.8. The van der Waals surface area contributed by atoms with E-state index in [1.165, 1.54) is 11.6 Å². The first-order chi connectivity index (χ1) is 13.9. The highest BCUT2D eigenvalue weighted by Gasteiger charge is 2.29. The Labute approximate surface area is 177 Å². The van der Waals surface area contributed by atoms with Crippen molar-refractivity contribution < 1.29 is 4.39 Å². The van der Waals surface area contributed by atoms with Crippen LogP contribution in [0.5, 0.6) is 0 Å². The Morgan fingerprint density at radius 2 is 1.97 bits per heavy atom. The first kappa shape index (κ1) is 20.2. The second kappa shape index (κ2) is 8.37. The first-order valence-corrected chi connectivity index (χ1v) is 10.8. The van der Waals surface area contributed by atoms with Gasteiger partial charge in [-0.15, -0.1) is 0 Å². The predicted octanol–water partition coefficient (Wildman–Crippen LogP) is 5.60. The molecular formula is C24H29ClFN3. The maximum atomic E-state index is 13.8. The van der Waals surface area contributed by atoms with Gasteiger partial charge in [0.05, 0.1) is 11.4 Å². The lowest BCUT2D eigenvalue weighted by Gasteiger charge is -2.41. The van der Waals surface area contributed by atoms with Gasteiger partial charge in [0.2, 0.25) is 0 Å². The number of piperidine rings is 1. The van der Waals surface area contributed by atoms with E-state index < -0.39 is 0 Å². The van der Waals surface area contributed by atoms with Gasteiger partial charge >= 0.3 is 0 Å². The fourth-order valence-electron chi connectivity index (χ4n) is 4.87. The maximum Gasteiger partial charge on any atom is 0.125 e. The lowest BCUT2D eigenvalue weighted by atomic mass is 9.89. The minimum Gasteiger partial charge on any atom is -0.397 e. The van der Waals surface area contributed by atoms with Gasteiger partial charge in [-0.05, 0) is 87.0 Å². The minimum absolute atomic E-state index is 0.260. The lowest BCUT2D eigenvalue weighted by Crippen LogP contribution is -2.42. The standard InChI is InChI=1S/C24H29ClFN3/c1-16-6-7-20-13-22(26)14-23(27)24(20)29(16)17(2)15-28-10-8-18(9-11-28)19-4-3-5-21(25)12-19/h3-5,12-14,16,18H,2,6-11,15,27H2,1H3. The van der Waals surface area contributed by atoms with Crippen LogP contribution in [0.25, 0.3) is 0 Å². The predicted molar refractivity (Wildman–Crippen MR) is 120 cm³/mol. The van der Waals surface area contributed by atoms with Crippen LogP contribution in [-0.2, 0) is 6.42 Å². The second-order valence-corrected chi connectivity index (χ2v) is 8.87. The lowest BCUT2D eigenvalue weighted by molar-refractivity contribution is 0.226. The molecule has 1 fully saturated rings. The monoisotopic (exact) mass is 413 g/mol. The molecule has 2 aromatic rings. The number of hydrogen-bond donors (Lipinski definition) is 1. The van der Waals surface area contributed by atoms with Gasteiger partial charge < -0.3 is 10.6 Å². The third-order valence-electron chi connectivity index (χ3n) is 6.35. The van der Waals surface area contributed by atoms with Crippen LogP contribution in [0.1, 0.15) is 43.2 Å². The molecule has 0 radical (unpaired) electrons. The minimum atomic E-state index is -0.260. The molecule has 154 valence electrons. The molecule has 1 saturated heterocycles. The van der Waals surface area contributed by atoms with E-state index in [2.05, 4.69) is 35.4 Å². The Kier molecular flexibility index (Phi) is 5.84. The molecular weight excluding hydrogens is 385 g/mol. The third-order valence-corrected chi connectivity index (χ3v) is 6.59. The molecule has 1 atom stereocenters. The van der Waals surface area contributed by atoms with Gasteiger partial charge in [-0.2, -0.15) is 0 Å². The van der Waals surface area contributed by atoms with Crippen molar-refractivity contribution in [2.24, 2.45) is 0 Å². The van der Waals surface area contributed by atoms with Crippen molar-refractivity contribution in [3.63, 3.8) is 0 Å². The average Bonchev–Trinajstić information content (AvgIpc) is 2.69. The van der Waals surface area contributed by atoms with Crippen molar-refractivity contribution in [2.45, 2.75) is 44.6 Å². The number of halogens is 2. The van der Waals surface area contributed by atoms with Crippen molar-refractivity contribution in [1.29, 1.82) is 0 Å². The zero-order chi connectivity index (χ0) is 20.5. The smallest absolute Gasteiger partial charge is 0.125 e. The third kappa shape index (κ3) is 4.29. The van der Waals surface area contributed by atoms with Crippen LogP contribution in [0.3, 0.4) is 0 Å². The van der Waals surface area contributed by atoms with Crippen LogP contribution in [-0.4, -0.2) is 30.6 Å². The number of anilines is 2. The van der Waals surface area contributed by atoms with Crippen LogP contribution in [0.2, 0.25) is 5.02 Å². The Bertz CT molecular complexity index is 905. The number of likely N-dealkylation sites (tertiary alicyclic amines) is 1. The Hall–Kier alpha value is -2.04. The Morgan fingerprint density at radius 3 is 2.69 bits per heavy atom. The molecule has 0 amide bonds. The molecule has 0 bridgehead atoms. The Morgan fingerprint density at radius 1 is 1.21 bits per heavy atom. The number of nitrogens with two attached hydrogens (primary N) is 1. The summed E-state index contributed by atoms with van der Waals surface area (Å²) >= 11 is 6.16. The molecule has 3 nitrogen and oxygen atoms in total. The molecule has 1 unspecified atom stereocenters. The molecule has 0 aromatic heterocycles. The highest BCUT2D eigenvalue weighted by atomic mass is 35.5. The normalized spacial score (nSPS) is 20.5. The molecule has 2 aliphatic heterocycles. The largest absolute Gasteiger partial charge is 0.397 e. The summed E-state index contributed by atoms with van der Waals surface area (Å²) in [4.78, 5) is 4.70. The molecule has 4 rings (SSSR count). The number of benzene rings is 2. The SMILES string of the molecule is C=C(CN1CCC(c2cccc(Cl)c2)CC1)N1c2c(N)cc(F)cc2CCC1C. The molecule has 0 aliphatic carbocycles. The topological polar surface area (TPSA) is 32.5 Å². The second-order valence-electron chi connectivity index (χ2n) is 8.43. The van der Waals surface area contributed by atoms with Crippen LogP contribution in [0.4, 0.5) is 15.8 Å². The summed E-state index contributed by atoms with van der Waals surface area (Å²) in [7, 11) is 0. The molecule has 2 N–H and O–H groups in total. The van der Waals surface area contributed by atoms with E-state index in [4.69, 9.17) is 17.3 Å². The zero-order valence-corrected chi connectivity index (χ0v) is 17.8. The Balaban J connectivity index is 1.43. The summed E-state index contributed by atoms with van der Waals surface area (Å²) in [6.07, 6.45) is 4.07. The highest BCUT2D eigenvalue weighted by molar-refractivity contribution is 6.30. The first-order valence-electron chi connectivity index (χ1n) is 10.4. The molecule has 0 saturated carbocycles. The molecule has 2 aliphatic rings. The van der Waals surface area contributed by atoms with Crippen LogP contribution >= 0.6 is 11.6 Å². The van der Waals surface area contributed by atoms with Crippen molar-refractivity contribution in [3.8, 4) is 0 Å². The summed E-state index contributed by atoms with van der Waals surface area (Å²) in [5, 5.41) is 0.810. The van der Waals surface area contributed by atoms with E-state index in [-0.39, 0.29) is 5.82 Å². The van der Waals surface area contributed by atoms with Crippen LogP contribution in [0.15, 0.2) is 48.7 Å². The van der Waals surface area contributed by atoms with Crippen LogP contribution in [0, 0.1) is 5.82 Å². The number of nitrogens with zero attached hydrogens (tertiary/aromatic N) is 2. The highest BCUT2D eigenvalue weighted by Crippen LogP contribution is 2.39. The van der Waals surface area contributed by atoms with E-state index in [9.17, 15) is 4.39 Å². The quantitative estimate of drug-likeness (QED) is 0.662. The molecule has 0 spiro atoms. The van der Waals surface area contributed by atoms with Gasteiger partial charge in [0.1, 0.15) is 5.82 Å². The fourth-order valence-corrected chi connectivity index (χ4v) is 5.06. The molecule has 5 heteroatoms. The van der Waals surface area contributed by atoms with Gasteiger partial charge in [0.15, 0.2) is 0 Å². The number of aryl methyl sites for hydroxylation is 1. The summed E-state index contributed by atoms with van der Waals surface area (Å²) < 4.78 is 13.8. The molecule has 2 heterocycles. The van der Waals surface area contributed by atoms with Gasteiger partial charge in [0.25, 0.3) is 0 Å². The number of nitrogen functional groups attached to an aromatic ring is 1. The molecule has 29 heavy (non-hydrogen) atoms. The van der Waals surface area contributed by atoms with Gasteiger partial charge in [-0.3, -0.25) is 4.90 Å². The molecule has 2 aromatic carbocycles. The zero-order valence-electron chi connectivity index (χ0n) is 17.0. The van der Waals surface area contributed by atoms with Crippen molar-refractivity contribution in [2.75, 3.05) is 30.3 Å². The average molecular weight is 414 g/mol. The number of hydrogen-bond acceptors (Lipinski definition) is 3. The van der Waals surface area contributed by atoms with E-state index in [1.54, 1.807) is 6.07 Å². The number of rotatable bonds is 4. The van der Waals surface area contributed by atoms with E-state index in [1.807, 2.05) is 12.1 Å². The van der Waals surface area contributed by atoms with E-state index >= 15 is 0 Å². The van der Waals surface area contributed by atoms with Crippen molar-refractivity contribution in [3.05, 3.63) is 70.6 Å². The summed E-state index contributed by atoms with van der Waals surface area (Å²) in [5.41, 5.74) is 11.0.